The number of esters is 1. The van der Waals surface area contributed by atoms with Crippen molar-refractivity contribution in [3.63, 3.8) is 0 Å². The van der Waals surface area contributed by atoms with Crippen molar-refractivity contribution in [1.29, 1.82) is 0 Å². The first-order valence-corrected chi connectivity index (χ1v) is 8.67. The van der Waals surface area contributed by atoms with Gasteiger partial charge in [-0.3, -0.25) is 9.78 Å². The van der Waals surface area contributed by atoms with Gasteiger partial charge in [-0.2, -0.15) is 0 Å². The van der Waals surface area contributed by atoms with Gasteiger partial charge in [-0.1, -0.05) is 18.2 Å². The highest BCUT2D eigenvalue weighted by atomic mass is 16.5. The standard InChI is InChI=1S/C20H24N2O3/c1-12(18(23)22-20(2,3)4)25-19(24)15-11-17(13-9-10-13)21-16-8-6-5-7-14(15)16/h5-8,11-13H,9-10H2,1-4H3,(H,22,23)/t12-/m0/s1. The molecule has 5 heteroatoms. The van der Waals surface area contributed by atoms with Gasteiger partial charge in [-0.25, -0.2) is 4.79 Å². The SMILES string of the molecule is C[C@H](OC(=O)c1cc(C2CC2)nc2ccccc12)C(=O)NC(C)(C)C. The second kappa shape index (κ2) is 6.47. The van der Waals surface area contributed by atoms with Gasteiger partial charge >= 0.3 is 5.97 Å². The fourth-order valence-electron chi connectivity index (χ4n) is 2.70. The molecule has 1 fully saturated rings. The first-order chi connectivity index (χ1) is 11.7. The van der Waals surface area contributed by atoms with Gasteiger partial charge in [0.05, 0.1) is 11.1 Å². The molecule has 1 aromatic heterocycles. The fourth-order valence-corrected chi connectivity index (χ4v) is 2.70. The molecule has 0 unspecified atom stereocenters. The van der Waals surface area contributed by atoms with Crippen LogP contribution < -0.4 is 5.32 Å². The van der Waals surface area contributed by atoms with Gasteiger partial charge in [-0.15, -0.1) is 0 Å². The van der Waals surface area contributed by atoms with Crippen molar-refractivity contribution >= 4 is 22.8 Å². The second-order valence-electron chi connectivity index (χ2n) is 7.67. The molecule has 5 nitrogen and oxygen atoms in total. The lowest BCUT2D eigenvalue weighted by Gasteiger charge is -2.23. The van der Waals surface area contributed by atoms with Gasteiger partial charge in [0.25, 0.3) is 5.91 Å². The smallest absolute Gasteiger partial charge is 0.339 e. The second-order valence-corrected chi connectivity index (χ2v) is 7.67. The molecular weight excluding hydrogens is 316 g/mol. The van der Waals surface area contributed by atoms with Crippen LogP contribution in [0, 0.1) is 0 Å². The van der Waals surface area contributed by atoms with Crippen molar-refractivity contribution in [2.45, 2.75) is 58.1 Å². The number of carbonyl (C=O) groups is 2. The summed E-state index contributed by atoms with van der Waals surface area (Å²) in [4.78, 5) is 29.5. The predicted octanol–water partition coefficient (Wildman–Crippen LogP) is 3.57. The highest BCUT2D eigenvalue weighted by Gasteiger charge is 2.28. The Labute approximate surface area is 147 Å². The van der Waals surface area contributed by atoms with Gasteiger partial charge in [0, 0.05) is 22.5 Å². The van der Waals surface area contributed by atoms with E-state index in [4.69, 9.17) is 4.74 Å². The van der Waals surface area contributed by atoms with E-state index >= 15 is 0 Å². The van der Waals surface area contributed by atoms with E-state index in [9.17, 15) is 9.59 Å². The molecule has 0 radical (unpaired) electrons. The number of nitrogens with zero attached hydrogens (tertiary/aromatic N) is 1. The highest BCUT2D eigenvalue weighted by Crippen LogP contribution is 2.40. The van der Waals surface area contributed by atoms with Crippen LogP contribution in [0.25, 0.3) is 10.9 Å². The summed E-state index contributed by atoms with van der Waals surface area (Å²) >= 11 is 0. The molecule has 0 aliphatic heterocycles. The molecule has 1 N–H and O–H groups in total. The summed E-state index contributed by atoms with van der Waals surface area (Å²) in [6.45, 7) is 7.25. The number of pyridine rings is 1. The van der Waals surface area contributed by atoms with Gasteiger partial charge in [0.15, 0.2) is 6.10 Å². The van der Waals surface area contributed by atoms with E-state index in [-0.39, 0.29) is 11.4 Å². The lowest BCUT2D eigenvalue weighted by atomic mass is 10.1. The zero-order chi connectivity index (χ0) is 18.2. The van der Waals surface area contributed by atoms with Gasteiger partial charge in [0.2, 0.25) is 0 Å². The maximum Gasteiger partial charge on any atom is 0.339 e. The lowest BCUT2D eigenvalue weighted by Crippen LogP contribution is -2.46. The number of amides is 1. The van der Waals surface area contributed by atoms with Gasteiger partial charge in [-0.05, 0) is 52.7 Å². The quantitative estimate of drug-likeness (QED) is 0.864. The molecule has 2 aromatic rings. The third kappa shape index (κ3) is 4.16. The van der Waals surface area contributed by atoms with E-state index in [0.717, 1.165) is 29.4 Å². The van der Waals surface area contributed by atoms with Crippen molar-refractivity contribution in [1.82, 2.24) is 10.3 Å². The molecule has 1 aliphatic rings. The van der Waals surface area contributed by atoms with Crippen molar-refractivity contribution in [3.8, 4) is 0 Å². The number of rotatable bonds is 4. The van der Waals surface area contributed by atoms with E-state index in [1.807, 2.05) is 51.1 Å². The van der Waals surface area contributed by atoms with Crippen molar-refractivity contribution < 1.29 is 14.3 Å². The molecule has 25 heavy (non-hydrogen) atoms. The number of aromatic nitrogens is 1. The summed E-state index contributed by atoms with van der Waals surface area (Å²) in [6.07, 6.45) is 1.34. The summed E-state index contributed by atoms with van der Waals surface area (Å²) in [6, 6.07) is 9.34. The maximum absolute atomic E-state index is 12.7. The van der Waals surface area contributed by atoms with E-state index in [1.165, 1.54) is 0 Å². The van der Waals surface area contributed by atoms with Crippen LogP contribution in [0.3, 0.4) is 0 Å². The summed E-state index contributed by atoms with van der Waals surface area (Å²) in [5, 5.41) is 3.57. The first-order valence-electron chi connectivity index (χ1n) is 8.67. The number of ether oxygens (including phenoxy) is 1. The van der Waals surface area contributed by atoms with Crippen LogP contribution in [0.5, 0.6) is 0 Å². The van der Waals surface area contributed by atoms with Crippen LogP contribution in [-0.4, -0.2) is 28.5 Å². The molecule has 1 atom stereocenters. The third-order valence-corrected chi connectivity index (χ3v) is 4.10. The third-order valence-electron chi connectivity index (χ3n) is 4.10. The van der Waals surface area contributed by atoms with Crippen LogP contribution in [0.4, 0.5) is 0 Å². The number of benzene rings is 1. The fraction of sp³-hybridized carbons (Fsp3) is 0.450. The zero-order valence-corrected chi connectivity index (χ0v) is 15.1. The van der Waals surface area contributed by atoms with Crippen molar-refractivity contribution in [3.05, 3.63) is 41.6 Å². The van der Waals surface area contributed by atoms with Crippen LogP contribution in [-0.2, 0) is 9.53 Å². The average Bonchev–Trinajstić information content (AvgIpc) is 3.36. The number of hydrogen-bond acceptors (Lipinski definition) is 4. The molecule has 0 bridgehead atoms. The minimum absolute atomic E-state index is 0.304. The van der Waals surface area contributed by atoms with Crippen LogP contribution in [0.15, 0.2) is 30.3 Å². The zero-order valence-electron chi connectivity index (χ0n) is 15.1. The number of nitrogens with one attached hydrogen (secondary N) is 1. The molecule has 1 amide bonds. The molecule has 3 rings (SSSR count). The number of hydrogen-bond donors (Lipinski definition) is 1. The van der Waals surface area contributed by atoms with E-state index in [0.29, 0.717) is 11.5 Å². The number of fused-ring (bicyclic) bond motifs is 1. The minimum Gasteiger partial charge on any atom is -0.449 e. The van der Waals surface area contributed by atoms with Crippen LogP contribution in [0.1, 0.15) is 62.5 Å². The van der Waals surface area contributed by atoms with E-state index in [2.05, 4.69) is 10.3 Å². The number of para-hydroxylation sites is 1. The van der Waals surface area contributed by atoms with Crippen molar-refractivity contribution in [2.24, 2.45) is 0 Å². The summed E-state index contributed by atoms with van der Waals surface area (Å²) < 4.78 is 5.43. The average molecular weight is 340 g/mol. The molecular formula is C20H24N2O3. The summed E-state index contributed by atoms with van der Waals surface area (Å²) in [7, 11) is 0. The van der Waals surface area contributed by atoms with Crippen molar-refractivity contribution in [2.75, 3.05) is 0 Å². The Morgan fingerprint density at radius 1 is 1.24 bits per heavy atom. The molecule has 1 heterocycles. The Morgan fingerprint density at radius 2 is 1.92 bits per heavy atom. The minimum atomic E-state index is -0.858. The molecule has 132 valence electrons. The van der Waals surface area contributed by atoms with Gasteiger partial charge < -0.3 is 10.1 Å². The van der Waals surface area contributed by atoms with Crippen LogP contribution >= 0.6 is 0 Å². The van der Waals surface area contributed by atoms with E-state index < -0.39 is 12.1 Å². The highest BCUT2D eigenvalue weighted by molar-refractivity contribution is 6.04. The van der Waals surface area contributed by atoms with E-state index in [1.54, 1.807) is 6.92 Å². The number of carbonyl (C=O) groups excluding carboxylic acids is 2. The lowest BCUT2D eigenvalue weighted by molar-refractivity contribution is -0.130. The topological polar surface area (TPSA) is 68.3 Å². The Kier molecular flexibility index (Phi) is 4.50. The molecule has 1 aliphatic carbocycles. The molecule has 0 saturated heterocycles. The predicted molar refractivity (Wildman–Crippen MR) is 96.5 cm³/mol. The van der Waals surface area contributed by atoms with Crippen LogP contribution in [0.2, 0.25) is 0 Å². The maximum atomic E-state index is 12.7. The summed E-state index contributed by atoms with van der Waals surface area (Å²) in [5.41, 5.74) is 1.81. The Balaban J connectivity index is 1.85. The Hall–Kier alpha value is -2.43. The molecule has 0 spiro atoms. The largest absolute Gasteiger partial charge is 0.449 e. The monoisotopic (exact) mass is 340 g/mol. The molecule has 1 saturated carbocycles. The Bertz CT molecular complexity index is 819. The Morgan fingerprint density at radius 3 is 2.56 bits per heavy atom. The molecule has 1 aromatic carbocycles. The normalized spacial score (nSPS) is 15.7. The van der Waals surface area contributed by atoms with Gasteiger partial charge in [0.1, 0.15) is 0 Å². The summed E-state index contributed by atoms with van der Waals surface area (Å²) in [5.74, 6) is -0.364. The first kappa shape index (κ1) is 17.4.